The van der Waals surface area contributed by atoms with Crippen molar-refractivity contribution in [1.29, 1.82) is 0 Å². The Morgan fingerprint density at radius 1 is 1.00 bits per heavy atom. The van der Waals surface area contributed by atoms with E-state index in [0.717, 1.165) is 11.1 Å². The number of esters is 1. The van der Waals surface area contributed by atoms with Gasteiger partial charge in [-0.3, -0.25) is 4.79 Å². The van der Waals surface area contributed by atoms with Crippen molar-refractivity contribution < 1.29 is 9.53 Å². The second kappa shape index (κ2) is 6.99. The molecule has 122 valence electrons. The largest absolute Gasteiger partial charge is 0.469 e. The van der Waals surface area contributed by atoms with Crippen LogP contribution in [0.15, 0.2) is 48.5 Å². The summed E-state index contributed by atoms with van der Waals surface area (Å²) in [5, 5.41) is 0. The fraction of sp³-hybridized carbons (Fsp3) is 0.381. The van der Waals surface area contributed by atoms with Crippen LogP contribution in [0.2, 0.25) is 0 Å². The van der Waals surface area contributed by atoms with Crippen molar-refractivity contribution in [3.05, 3.63) is 70.8 Å². The van der Waals surface area contributed by atoms with Crippen molar-refractivity contribution in [3.63, 3.8) is 0 Å². The number of rotatable bonds is 4. The number of carbonyl (C=O) groups excluding carboxylic acids is 1. The molecule has 0 aliphatic carbocycles. The highest BCUT2D eigenvalue weighted by atomic mass is 16.5. The van der Waals surface area contributed by atoms with Crippen molar-refractivity contribution in [2.24, 2.45) is 0 Å². The van der Waals surface area contributed by atoms with Crippen LogP contribution in [0.25, 0.3) is 0 Å². The molecule has 2 nitrogen and oxygen atoms in total. The molecule has 1 unspecified atom stereocenters. The van der Waals surface area contributed by atoms with E-state index in [1.807, 2.05) is 0 Å². The van der Waals surface area contributed by atoms with Gasteiger partial charge in [0.25, 0.3) is 0 Å². The van der Waals surface area contributed by atoms with Crippen LogP contribution >= 0.6 is 0 Å². The third-order valence-electron chi connectivity index (χ3n) is 4.23. The van der Waals surface area contributed by atoms with E-state index in [2.05, 4.69) is 76.2 Å². The van der Waals surface area contributed by atoms with Gasteiger partial charge in [-0.2, -0.15) is 0 Å². The summed E-state index contributed by atoms with van der Waals surface area (Å²) in [4.78, 5) is 12.2. The molecule has 2 rings (SSSR count). The average molecular weight is 310 g/mol. The zero-order valence-electron chi connectivity index (χ0n) is 14.7. The van der Waals surface area contributed by atoms with Crippen molar-refractivity contribution in [2.75, 3.05) is 7.11 Å². The number of benzene rings is 2. The van der Waals surface area contributed by atoms with Crippen LogP contribution < -0.4 is 0 Å². The van der Waals surface area contributed by atoms with E-state index in [4.69, 9.17) is 4.74 Å². The highest BCUT2D eigenvalue weighted by Gasteiger charge is 2.23. The van der Waals surface area contributed by atoms with Crippen molar-refractivity contribution in [1.82, 2.24) is 0 Å². The monoisotopic (exact) mass is 310 g/mol. The van der Waals surface area contributed by atoms with Gasteiger partial charge in [-0.25, -0.2) is 0 Å². The average Bonchev–Trinajstić information content (AvgIpc) is 2.53. The summed E-state index contributed by atoms with van der Waals surface area (Å²) in [7, 11) is 1.45. The Morgan fingerprint density at radius 3 is 2.04 bits per heavy atom. The molecule has 0 spiro atoms. The minimum absolute atomic E-state index is 0.107. The molecular weight excluding hydrogens is 284 g/mol. The van der Waals surface area contributed by atoms with Gasteiger partial charge in [-0.05, 0) is 35.4 Å². The van der Waals surface area contributed by atoms with Gasteiger partial charge < -0.3 is 4.74 Å². The van der Waals surface area contributed by atoms with E-state index in [1.165, 1.54) is 18.2 Å². The van der Waals surface area contributed by atoms with Crippen LogP contribution in [0.3, 0.4) is 0 Å². The summed E-state index contributed by atoms with van der Waals surface area (Å²) in [6.45, 7) is 8.62. The van der Waals surface area contributed by atoms with Gasteiger partial charge in [0.2, 0.25) is 0 Å². The molecule has 1 atom stereocenters. The smallest absolute Gasteiger partial charge is 0.313 e. The Kier molecular flexibility index (Phi) is 5.25. The molecule has 0 N–H and O–H groups in total. The van der Waals surface area contributed by atoms with Gasteiger partial charge in [0.05, 0.1) is 13.0 Å². The number of carbonyl (C=O) groups is 1. The molecule has 2 heteroatoms. The number of ether oxygens (including phenoxy) is 1. The molecule has 0 aliphatic rings. The molecule has 0 amide bonds. The Bertz CT molecular complexity index is 646. The van der Waals surface area contributed by atoms with Crippen LogP contribution in [0, 0.1) is 6.92 Å². The van der Waals surface area contributed by atoms with Gasteiger partial charge in [0.15, 0.2) is 0 Å². The molecule has 0 aromatic heterocycles. The number of methoxy groups -OCH3 is 1. The van der Waals surface area contributed by atoms with Gasteiger partial charge in [0, 0.05) is 0 Å². The minimum Gasteiger partial charge on any atom is -0.469 e. The second-order valence-corrected chi connectivity index (χ2v) is 7.14. The van der Waals surface area contributed by atoms with Crippen LogP contribution in [-0.4, -0.2) is 13.1 Å². The normalized spacial score (nSPS) is 12.7. The fourth-order valence-electron chi connectivity index (χ4n) is 2.65. The maximum absolute atomic E-state index is 12.2. The standard InChI is InChI=1S/C21H26O2/c1-15-6-8-16(9-7-15)14-19(20(22)23-5)17-10-12-18(13-11-17)21(2,3)4/h6-13,19H,14H2,1-5H3. The predicted molar refractivity (Wildman–Crippen MR) is 94.8 cm³/mol. The minimum atomic E-state index is -0.267. The van der Waals surface area contributed by atoms with Gasteiger partial charge >= 0.3 is 5.97 Å². The SMILES string of the molecule is COC(=O)C(Cc1ccc(C)cc1)c1ccc(C(C)(C)C)cc1. The molecule has 2 aromatic rings. The van der Waals surface area contributed by atoms with Gasteiger partial charge in [-0.15, -0.1) is 0 Å². The van der Waals surface area contributed by atoms with E-state index in [1.54, 1.807) is 0 Å². The lowest BCUT2D eigenvalue weighted by Gasteiger charge is -2.21. The molecule has 2 aromatic carbocycles. The zero-order chi connectivity index (χ0) is 17.0. The topological polar surface area (TPSA) is 26.3 Å². The summed E-state index contributed by atoms with van der Waals surface area (Å²) in [6.07, 6.45) is 0.655. The zero-order valence-corrected chi connectivity index (χ0v) is 14.7. The van der Waals surface area contributed by atoms with Crippen LogP contribution in [0.1, 0.15) is 48.9 Å². The summed E-state index contributed by atoms with van der Waals surface area (Å²) in [5.41, 5.74) is 4.74. The Morgan fingerprint density at radius 2 is 1.57 bits per heavy atom. The van der Waals surface area contributed by atoms with Gasteiger partial charge in [-0.1, -0.05) is 74.9 Å². The van der Waals surface area contributed by atoms with E-state index in [-0.39, 0.29) is 17.3 Å². The first-order valence-corrected chi connectivity index (χ1v) is 8.05. The first-order valence-electron chi connectivity index (χ1n) is 8.05. The quantitative estimate of drug-likeness (QED) is 0.759. The maximum Gasteiger partial charge on any atom is 0.313 e. The van der Waals surface area contributed by atoms with E-state index in [9.17, 15) is 4.79 Å². The van der Waals surface area contributed by atoms with Crippen molar-refractivity contribution >= 4 is 5.97 Å². The lowest BCUT2D eigenvalue weighted by molar-refractivity contribution is -0.142. The van der Waals surface area contributed by atoms with Crippen molar-refractivity contribution in [2.45, 2.75) is 45.4 Å². The first kappa shape index (κ1) is 17.3. The fourth-order valence-corrected chi connectivity index (χ4v) is 2.65. The lowest BCUT2D eigenvalue weighted by atomic mass is 9.84. The third kappa shape index (κ3) is 4.44. The molecule has 0 saturated carbocycles. The lowest BCUT2D eigenvalue weighted by Crippen LogP contribution is -2.17. The molecule has 0 aliphatic heterocycles. The van der Waals surface area contributed by atoms with Crippen LogP contribution in [0.4, 0.5) is 0 Å². The summed E-state index contributed by atoms with van der Waals surface area (Å²) in [5.74, 6) is -0.453. The number of hydrogen-bond acceptors (Lipinski definition) is 2. The molecular formula is C21H26O2. The Balaban J connectivity index is 2.28. The first-order chi connectivity index (χ1) is 10.8. The van der Waals surface area contributed by atoms with Crippen LogP contribution in [-0.2, 0) is 21.4 Å². The van der Waals surface area contributed by atoms with Crippen molar-refractivity contribution in [3.8, 4) is 0 Å². The molecule has 0 bridgehead atoms. The molecule has 0 fully saturated rings. The molecule has 23 heavy (non-hydrogen) atoms. The van der Waals surface area contributed by atoms with Gasteiger partial charge in [0.1, 0.15) is 0 Å². The second-order valence-electron chi connectivity index (χ2n) is 7.14. The van der Waals surface area contributed by atoms with E-state index >= 15 is 0 Å². The summed E-state index contributed by atoms with van der Waals surface area (Å²) in [6, 6.07) is 16.6. The van der Waals surface area contributed by atoms with E-state index in [0.29, 0.717) is 6.42 Å². The summed E-state index contributed by atoms with van der Waals surface area (Å²) >= 11 is 0. The van der Waals surface area contributed by atoms with Crippen LogP contribution in [0.5, 0.6) is 0 Å². The third-order valence-corrected chi connectivity index (χ3v) is 4.23. The Hall–Kier alpha value is -2.09. The molecule has 0 heterocycles. The van der Waals surface area contributed by atoms with E-state index < -0.39 is 0 Å². The molecule has 0 radical (unpaired) electrons. The molecule has 0 saturated heterocycles. The maximum atomic E-state index is 12.2. The summed E-state index contributed by atoms with van der Waals surface area (Å²) < 4.78 is 5.02. The number of aryl methyl sites for hydroxylation is 1. The number of hydrogen-bond donors (Lipinski definition) is 0. The predicted octanol–water partition coefficient (Wildman–Crippen LogP) is 4.79. The highest BCUT2D eigenvalue weighted by Crippen LogP contribution is 2.27. The Labute approximate surface area is 139 Å². The highest BCUT2D eigenvalue weighted by molar-refractivity contribution is 5.78.